The fourth-order valence-electron chi connectivity index (χ4n) is 1.96. The minimum atomic E-state index is -0.438. The molecule has 0 radical (unpaired) electrons. The van der Waals surface area contributed by atoms with Crippen LogP contribution in [0.25, 0.3) is 11.1 Å². The number of ether oxygens (including phenoxy) is 1. The second-order valence-electron chi connectivity index (χ2n) is 4.16. The lowest BCUT2D eigenvalue weighted by atomic mass is 10.0. The van der Waals surface area contributed by atoms with E-state index < -0.39 is 5.82 Å². The summed E-state index contributed by atoms with van der Waals surface area (Å²) in [5.41, 5.74) is 1.53. The van der Waals surface area contributed by atoms with E-state index in [4.69, 9.17) is 4.74 Å². The quantitative estimate of drug-likeness (QED) is 0.913. The van der Waals surface area contributed by atoms with Gasteiger partial charge in [-0.3, -0.25) is 0 Å². The SMILES string of the molecule is CNCc1cc(-c2cccc(OC)c2F)ccc1F. The zero-order valence-electron chi connectivity index (χ0n) is 10.8. The van der Waals surface area contributed by atoms with E-state index in [1.165, 1.54) is 13.2 Å². The van der Waals surface area contributed by atoms with Gasteiger partial charge >= 0.3 is 0 Å². The van der Waals surface area contributed by atoms with Crippen molar-refractivity contribution in [3.05, 3.63) is 53.6 Å². The van der Waals surface area contributed by atoms with Gasteiger partial charge in [0.25, 0.3) is 0 Å². The summed E-state index contributed by atoms with van der Waals surface area (Å²) in [6.07, 6.45) is 0. The molecule has 0 amide bonds. The van der Waals surface area contributed by atoms with Crippen LogP contribution in [0.15, 0.2) is 36.4 Å². The van der Waals surface area contributed by atoms with E-state index >= 15 is 0 Å². The van der Waals surface area contributed by atoms with Gasteiger partial charge in [0.1, 0.15) is 5.82 Å². The van der Waals surface area contributed by atoms with Crippen molar-refractivity contribution < 1.29 is 13.5 Å². The van der Waals surface area contributed by atoms with Crippen molar-refractivity contribution >= 4 is 0 Å². The standard InChI is InChI=1S/C15H15F2NO/c1-18-9-11-8-10(6-7-13(11)16)12-4-3-5-14(19-2)15(12)17/h3-8,18H,9H2,1-2H3. The second kappa shape index (κ2) is 5.80. The number of benzene rings is 2. The Labute approximate surface area is 111 Å². The van der Waals surface area contributed by atoms with E-state index in [0.717, 1.165) is 0 Å². The zero-order chi connectivity index (χ0) is 13.8. The molecule has 0 spiro atoms. The average Bonchev–Trinajstić information content (AvgIpc) is 2.42. The maximum Gasteiger partial charge on any atom is 0.172 e. The molecule has 0 unspecified atom stereocenters. The first kappa shape index (κ1) is 13.5. The highest BCUT2D eigenvalue weighted by Gasteiger charge is 2.12. The van der Waals surface area contributed by atoms with Crippen molar-refractivity contribution in [2.45, 2.75) is 6.54 Å². The number of hydrogen-bond acceptors (Lipinski definition) is 2. The average molecular weight is 263 g/mol. The van der Waals surface area contributed by atoms with Crippen LogP contribution in [-0.2, 0) is 6.54 Å². The summed E-state index contributed by atoms with van der Waals surface area (Å²) in [6.45, 7) is 0.394. The molecule has 1 N–H and O–H groups in total. The number of halogens is 2. The smallest absolute Gasteiger partial charge is 0.172 e. The zero-order valence-corrected chi connectivity index (χ0v) is 10.8. The molecule has 0 saturated carbocycles. The highest BCUT2D eigenvalue weighted by atomic mass is 19.1. The number of methoxy groups -OCH3 is 1. The van der Waals surface area contributed by atoms with Crippen LogP contribution in [0.5, 0.6) is 5.75 Å². The van der Waals surface area contributed by atoms with Gasteiger partial charge in [-0.2, -0.15) is 0 Å². The van der Waals surface area contributed by atoms with Gasteiger partial charge in [0.2, 0.25) is 0 Å². The largest absolute Gasteiger partial charge is 0.494 e. The lowest BCUT2D eigenvalue weighted by Gasteiger charge is -2.10. The molecule has 0 aliphatic carbocycles. The third kappa shape index (κ3) is 2.74. The highest BCUT2D eigenvalue weighted by molar-refractivity contribution is 5.66. The number of nitrogens with one attached hydrogen (secondary N) is 1. The molecule has 19 heavy (non-hydrogen) atoms. The van der Waals surface area contributed by atoms with Crippen molar-refractivity contribution in [2.75, 3.05) is 14.2 Å². The Morgan fingerprint density at radius 2 is 1.95 bits per heavy atom. The predicted molar refractivity (Wildman–Crippen MR) is 71.1 cm³/mol. The van der Waals surface area contributed by atoms with Crippen LogP contribution in [0, 0.1) is 11.6 Å². The molecule has 2 aromatic rings. The summed E-state index contributed by atoms with van der Waals surface area (Å²) >= 11 is 0. The van der Waals surface area contributed by atoms with Crippen LogP contribution in [-0.4, -0.2) is 14.2 Å². The Kier molecular flexibility index (Phi) is 4.12. The molecule has 100 valence electrons. The molecule has 2 rings (SSSR count). The molecule has 0 aromatic heterocycles. The van der Waals surface area contributed by atoms with Gasteiger partial charge in [0.05, 0.1) is 7.11 Å². The number of hydrogen-bond donors (Lipinski definition) is 1. The Hall–Kier alpha value is -1.94. The molecule has 4 heteroatoms. The highest BCUT2D eigenvalue weighted by Crippen LogP contribution is 2.29. The second-order valence-corrected chi connectivity index (χ2v) is 4.16. The molecule has 0 atom stereocenters. The van der Waals surface area contributed by atoms with Crippen LogP contribution in [0.3, 0.4) is 0 Å². The van der Waals surface area contributed by atoms with E-state index in [2.05, 4.69) is 5.32 Å². The maximum absolute atomic E-state index is 14.1. The molecule has 0 fully saturated rings. The van der Waals surface area contributed by atoms with Gasteiger partial charge < -0.3 is 10.1 Å². The first-order valence-corrected chi connectivity index (χ1v) is 5.93. The summed E-state index contributed by atoms with van der Waals surface area (Å²) in [4.78, 5) is 0. The Morgan fingerprint density at radius 3 is 2.63 bits per heavy atom. The summed E-state index contributed by atoms with van der Waals surface area (Å²) in [5, 5.41) is 2.88. The van der Waals surface area contributed by atoms with Crippen molar-refractivity contribution in [1.29, 1.82) is 0 Å². The first-order chi connectivity index (χ1) is 9.17. The molecule has 0 aliphatic heterocycles. The van der Waals surface area contributed by atoms with Gasteiger partial charge in [0.15, 0.2) is 11.6 Å². The van der Waals surface area contributed by atoms with Crippen molar-refractivity contribution in [1.82, 2.24) is 5.32 Å². The van der Waals surface area contributed by atoms with Gasteiger partial charge in [-0.15, -0.1) is 0 Å². The van der Waals surface area contributed by atoms with Crippen molar-refractivity contribution in [3.63, 3.8) is 0 Å². The molecule has 2 aromatic carbocycles. The topological polar surface area (TPSA) is 21.3 Å². The lowest BCUT2D eigenvalue weighted by molar-refractivity contribution is 0.387. The van der Waals surface area contributed by atoms with Gasteiger partial charge in [0, 0.05) is 17.7 Å². The Balaban J connectivity index is 2.50. The number of rotatable bonds is 4. The van der Waals surface area contributed by atoms with E-state index in [0.29, 0.717) is 23.2 Å². The Bertz CT molecular complexity index is 584. The van der Waals surface area contributed by atoms with Crippen LogP contribution in [0.2, 0.25) is 0 Å². The molecule has 0 aliphatic rings. The third-order valence-corrected chi connectivity index (χ3v) is 2.91. The Morgan fingerprint density at radius 1 is 1.16 bits per heavy atom. The van der Waals surface area contributed by atoms with E-state index in [1.807, 2.05) is 0 Å². The normalized spacial score (nSPS) is 10.5. The van der Waals surface area contributed by atoms with Gasteiger partial charge in [-0.05, 0) is 30.8 Å². The van der Waals surface area contributed by atoms with Gasteiger partial charge in [-0.1, -0.05) is 18.2 Å². The van der Waals surface area contributed by atoms with Crippen LogP contribution in [0.1, 0.15) is 5.56 Å². The molecule has 0 heterocycles. The van der Waals surface area contributed by atoms with Crippen molar-refractivity contribution in [2.24, 2.45) is 0 Å². The summed E-state index contributed by atoms with van der Waals surface area (Å²) < 4.78 is 32.6. The summed E-state index contributed by atoms with van der Waals surface area (Å²) in [6, 6.07) is 9.46. The first-order valence-electron chi connectivity index (χ1n) is 5.93. The molecule has 2 nitrogen and oxygen atoms in total. The fourth-order valence-corrected chi connectivity index (χ4v) is 1.96. The minimum Gasteiger partial charge on any atom is -0.494 e. The summed E-state index contributed by atoms with van der Waals surface area (Å²) in [5.74, 6) is -0.564. The van der Waals surface area contributed by atoms with Crippen molar-refractivity contribution in [3.8, 4) is 16.9 Å². The van der Waals surface area contributed by atoms with Crippen LogP contribution in [0.4, 0.5) is 8.78 Å². The van der Waals surface area contributed by atoms with Gasteiger partial charge in [-0.25, -0.2) is 8.78 Å². The van der Waals surface area contributed by atoms with Crippen LogP contribution < -0.4 is 10.1 Å². The molecule has 0 saturated heterocycles. The summed E-state index contributed by atoms with van der Waals surface area (Å²) in [7, 11) is 3.15. The van der Waals surface area contributed by atoms with E-state index in [9.17, 15) is 8.78 Å². The maximum atomic E-state index is 14.1. The van der Waals surface area contributed by atoms with E-state index in [1.54, 1.807) is 37.4 Å². The molecular weight excluding hydrogens is 248 g/mol. The lowest BCUT2D eigenvalue weighted by Crippen LogP contribution is -2.07. The van der Waals surface area contributed by atoms with E-state index in [-0.39, 0.29) is 11.6 Å². The molecular formula is C15H15F2NO. The third-order valence-electron chi connectivity index (χ3n) is 2.91. The molecule has 0 bridgehead atoms. The minimum absolute atomic E-state index is 0.178. The van der Waals surface area contributed by atoms with Crippen LogP contribution >= 0.6 is 0 Å². The monoisotopic (exact) mass is 263 g/mol. The fraction of sp³-hybridized carbons (Fsp3) is 0.200. The predicted octanol–water partition coefficient (Wildman–Crippen LogP) is 3.36.